The summed E-state index contributed by atoms with van der Waals surface area (Å²) in [6, 6.07) is 0. The Morgan fingerprint density at radius 1 is 1.10 bits per heavy atom. The molecular formula is C36H56O12. The highest BCUT2D eigenvalue weighted by molar-refractivity contribution is 5.66. The van der Waals surface area contributed by atoms with Crippen LogP contribution in [0.25, 0.3) is 0 Å². The fourth-order valence-electron chi connectivity index (χ4n) is 7.88. The molecule has 1 aliphatic heterocycles. The molecule has 4 rings (SSSR count). The van der Waals surface area contributed by atoms with Crippen molar-refractivity contribution in [1.29, 1.82) is 0 Å². The van der Waals surface area contributed by atoms with E-state index < -0.39 is 72.0 Å². The predicted molar refractivity (Wildman–Crippen MR) is 174 cm³/mol. The van der Waals surface area contributed by atoms with Gasteiger partial charge in [-0.15, -0.1) is 6.58 Å². The van der Waals surface area contributed by atoms with Gasteiger partial charge in [-0.25, -0.2) is 0 Å². The summed E-state index contributed by atoms with van der Waals surface area (Å²) >= 11 is 0. The summed E-state index contributed by atoms with van der Waals surface area (Å²) in [5, 5.41) is 46.7. The minimum atomic E-state index is -1.63. The molecule has 10 unspecified atom stereocenters. The number of fused-ring (bicyclic) bond motifs is 2. The third-order valence-corrected chi connectivity index (χ3v) is 10.8. The fraction of sp³-hybridized carbons (Fsp3) is 0.778. The van der Waals surface area contributed by atoms with Crippen LogP contribution in [0.5, 0.6) is 0 Å². The molecule has 272 valence electrons. The van der Waals surface area contributed by atoms with Gasteiger partial charge in [0, 0.05) is 38.2 Å². The predicted octanol–water partition coefficient (Wildman–Crippen LogP) is 2.61. The van der Waals surface area contributed by atoms with E-state index in [0.717, 1.165) is 24.0 Å². The normalized spacial score (nSPS) is 40.2. The van der Waals surface area contributed by atoms with Crippen LogP contribution in [0, 0.1) is 29.1 Å². The van der Waals surface area contributed by atoms with Crippen molar-refractivity contribution in [3.63, 3.8) is 0 Å². The van der Waals surface area contributed by atoms with Crippen molar-refractivity contribution in [3.8, 4) is 0 Å². The molecule has 0 bridgehead atoms. The average molecular weight is 681 g/mol. The second-order valence-corrected chi connectivity index (χ2v) is 14.7. The summed E-state index contributed by atoms with van der Waals surface area (Å²) in [6.45, 7) is 16.0. The molecular weight excluding hydrogens is 624 g/mol. The molecule has 0 aromatic heterocycles. The van der Waals surface area contributed by atoms with E-state index in [9.17, 15) is 30.0 Å². The lowest BCUT2D eigenvalue weighted by molar-refractivity contribution is -0.320. The number of carbonyl (C=O) groups excluding carboxylic acids is 2. The number of methoxy groups -OCH3 is 1. The first kappa shape index (κ1) is 38.6. The maximum absolute atomic E-state index is 12.3. The van der Waals surface area contributed by atoms with Crippen LogP contribution in [0.4, 0.5) is 0 Å². The SMILES string of the molecule is C=CC(C)(C)OCC1OC(O[C@@H]2C3=C(C(C)COC(C)=O)C[C@H](O)C3(C)/C=C3\C(CC[C@@H]3COC)C(C)C2O)C(O)C(OC(C)=O)C1O. The monoisotopic (exact) mass is 680 g/mol. The van der Waals surface area contributed by atoms with Crippen LogP contribution in [0.15, 0.2) is 35.5 Å². The first-order valence-corrected chi connectivity index (χ1v) is 17.0. The Bertz CT molecular complexity index is 1240. The first-order valence-electron chi connectivity index (χ1n) is 17.0. The van der Waals surface area contributed by atoms with E-state index in [1.165, 1.54) is 13.8 Å². The van der Waals surface area contributed by atoms with Crippen molar-refractivity contribution in [2.45, 2.75) is 122 Å². The Labute approximate surface area is 284 Å². The van der Waals surface area contributed by atoms with Crippen LogP contribution in [-0.4, -0.2) is 114 Å². The molecule has 4 N–H and O–H groups in total. The smallest absolute Gasteiger partial charge is 0.303 e. The highest BCUT2D eigenvalue weighted by Gasteiger charge is 2.56. The average Bonchev–Trinajstić information content (AvgIpc) is 3.52. The molecule has 1 saturated heterocycles. The molecule has 13 atom stereocenters. The lowest BCUT2D eigenvalue weighted by Crippen LogP contribution is -2.62. The molecule has 0 amide bonds. The second-order valence-electron chi connectivity index (χ2n) is 14.7. The summed E-state index contributed by atoms with van der Waals surface area (Å²) in [7, 11) is 1.66. The molecule has 3 aliphatic carbocycles. The molecule has 1 saturated carbocycles. The first-order chi connectivity index (χ1) is 22.4. The highest BCUT2D eigenvalue weighted by atomic mass is 16.7. The van der Waals surface area contributed by atoms with Crippen molar-refractivity contribution in [2.24, 2.45) is 29.1 Å². The van der Waals surface area contributed by atoms with Gasteiger partial charge in [-0.05, 0) is 57.4 Å². The van der Waals surface area contributed by atoms with Crippen molar-refractivity contribution in [1.82, 2.24) is 0 Å². The summed E-state index contributed by atoms with van der Waals surface area (Å²) < 4.78 is 35.1. The van der Waals surface area contributed by atoms with E-state index in [4.69, 9.17) is 28.4 Å². The molecule has 1 heterocycles. The molecule has 0 aromatic carbocycles. The topological polar surface area (TPSA) is 170 Å². The van der Waals surface area contributed by atoms with Crippen LogP contribution in [0.3, 0.4) is 0 Å². The molecule has 0 aromatic rings. The van der Waals surface area contributed by atoms with Gasteiger partial charge >= 0.3 is 11.9 Å². The molecule has 0 radical (unpaired) electrons. The second kappa shape index (κ2) is 15.4. The molecule has 2 fully saturated rings. The van der Waals surface area contributed by atoms with Gasteiger partial charge in [0.1, 0.15) is 24.4 Å². The zero-order valence-electron chi connectivity index (χ0n) is 29.6. The van der Waals surface area contributed by atoms with Gasteiger partial charge in [0.05, 0.1) is 37.6 Å². The van der Waals surface area contributed by atoms with Crippen LogP contribution < -0.4 is 0 Å². The number of aliphatic hydroxyl groups is 4. The number of hydrogen-bond acceptors (Lipinski definition) is 12. The lowest BCUT2D eigenvalue weighted by atomic mass is 9.68. The summed E-state index contributed by atoms with van der Waals surface area (Å²) in [4.78, 5) is 23.8. The number of carbonyl (C=O) groups is 2. The van der Waals surface area contributed by atoms with Crippen LogP contribution >= 0.6 is 0 Å². The number of rotatable bonds is 12. The Hall–Kier alpha value is -2.16. The van der Waals surface area contributed by atoms with E-state index in [2.05, 4.69) is 12.7 Å². The number of esters is 2. The third-order valence-electron chi connectivity index (χ3n) is 10.8. The Kier molecular flexibility index (Phi) is 12.4. The van der Waals surface area contributed by atoms with Crippen molar-refractivity contribution < 1.29 is 58.4 Å². The van der Waals surface area contributed by atoms with E-state index in [1.54, 1.807) is 27.0 Å². The number of ether oxygens (including phenoxy) is 6. The van der Waals surface area contributed by atoms with E-state index in [-0.39, 0.29) is 43.3 Å². The zero-order valence-corrected chi connectivity index (χ0v) is 29.6. The largest absolute Gasteiger partial charge is 0.465 e. The quantitative estimate of drug-likeness (QED) is 0.176. The molecule has 12 heteroatoms. The highest BCUT2D eigenvalue weighted by Crippen LogP contribution is 2.56. The fourth-order valence-corrected chi connectivity index (χ4v) is 7.88. The third kappa shape index (κ3) is 7.91. The maximum Gasteiger partial charge on any atom is 0.303 e. The van der Waals surface area contributed by atoms with E-state index in [1.807, 2.05) is 20.8 Å². The van der Waals surface area contributed by atoms with Gasteiger partial charge in [-0.3, -0.25) is 9.59 Å². The van der Waals surface area contributed by atoms with Crippen molar-refractivity contribution in [2.75, 3.05) is 26.9 Å². The van der Waals surface area contributed by atoms with Crippen LogP contribution in [0.1, 0.15) is 67.7 Å². The number of hydrogen-bond donors (Lipinski definition) is 4. The zero-order chi connectivity index (χ0) is 35.7. The summed E-state index contributed by atoms with van der Waals surface area (Å²) in [6.07, 6.45) is -4.54. The Morgan fingerprint density at radius 3 is 2.40 bits per heavy atom. The van der Waals surface area contributed by atoms with E-state index >= 15 is 0 Å². The molecule has 4 aliphatic rings. The van der Waals surface area contributed by atoms with Crippen LogP contribution in [0.2, 0.25) is 0 Å². The minimum Gasteiger partial charge on any atom is -0.465 e. The Morgan fingerprint density at radius 2 is 1.79 bits per heavy atom. The van der Waals surface area contributed by atoms with Gasteiger partial charge in [0.15, 0.2) is 12.4 Å². The van der Waals surface area contributed by atoms with Gasteiger partial charge in [-0.2, -0.15) is 0 Å². The van der Waals surface area contributed by atoms with Crippen LogP contribution in [-0.2, 0) is 38.0 Å². The lowest BCUT2D eigenvalue weighted by Gasteiger charge is -2.47. The number of aliphatic hydroxyl groups excluding tert-OH is 4. The van der Waals surface area contributed by atoms with Gasteiger partial charge in [0.2, 0.25) is 0 Å². The minimum absolute atomic E-state index is 0.0190. The maximum atomic E-state index is 12.3. The molecule has 12 nitrogen and oxygen atoms in total. The standard InChI is InChI=1S/C36H56O12/c1-10-35(6,7)45-17-26-30(41)33(46-21(5)38)31(42)34(47-26)48-32-28-24(18(2)15-44-20(4)37)13-27(39)36(28,8)14-25-22(16-43-9)11-12-23(25)19(3)29(32)40/h10,14,18-19,22-23,26-27,29-34,39-42H,1,11-13,15-17H2,2-9H3/b25-14-/t18?,19?,22-,23?,26?,27+,29?,30?,31?,32-,33?,34?,36?/m1/s1. The van der Waals surface area contributed by atoms with Gasteiger partial charge in [-0.1, -0.05) is 37.1 Å². The summed E-state index contributed by atoms with van der Waals surface area (Å²) in [5.74, 6) is -1.70. The van der Waals surface area contributed by atoms with Gasteiger partial charge in [0.25, 0.3) is 0 Å². The van der Waals surface area contributed by atoms with Gasteiger partial charge < -0.3 is 48.8 Å². The van der Waals surface area contributed by atoms with E-state index in [0.29, 0.717) is 12.2 Å². The Balaban J connectivity index is 1.82. The summed E-state index contributed by atoms with van der Waals surface area (Å²) in [5.41, 5.74) is 0.746. The molecule has 0 spiro atoms. The van der Waals surface area contributed by atoms with Crippen molar-refractivity contribution >= 4 is 11.9 Å². The van der Waals surface area contributed by atoms with Crippen molar-refractivity contribution in [3.05, 3.63) is 35.5 Å². The molecule has 48 heavy (non-hydrogen) atoms.